The van der Waals surface area contributed by atoms with Gasteiger partial charge in [0.2, 0.25) is 0 Å². The third kappa shape index (κ3) is 3.47. The number of aliphatic hydroxyl groups excluding tert-OH is 1. The number of aliphatic hydroxyl groups is 1. The van der Waals surface area contributed by atoms with Crippen LogP contribution in [-0.4, -0.2) is 43.6 Å². The smallest absolute Gasteiger partial charge is 0.0980 e. The number of nitrogens with zero attached hydrogens (tertiary/aromatic N) is 1. The van der Waals surface area contributed by atoms with Crippen molar-refractivity contribution in [3.8, 4) is 0 Å². The largest absolute Gasteiger partial charge is 0.394 e. The molecule has 0 spiro atoms. The van der Waals surface area contributed by atoms with Gasteiger partial charge in [-0.3, -0.25) is 0 Å². The summed E-state index contributed by atoms with van der Waals surface area (Å²) in [4.78, 5) is 2.28. The molecule has 1 aromatic carbocycles. The van der Waals surface area contributed by atoms with E-state index in [1.54, 1.807) is 0 Å². The van der Waals surface area contributed by atoms with Crippen LogP contribution in [0.25, 0.3) is 0 Å². The van der Waals surface area contributed by atoms with Gasteiger partial charge in [-0.2, -0.15) is 0 Å². The number of ether oxygens (including phenoxy) is 1. The van der Waals surface area contributed by atoms with Crippen LogP contribution in [0, 0.1) is 0 Å². The van der Waals surface area contributed by atoms with E-state index in [9.17, 15) is 0 Å². The summed E-state index contributed by atoms with van der Waals surface area (Å²) < 4.78 is 5.47. The van der Waals surface area contributed by atoms with Crippen molar-refractivity contribution in [1.82, 2.24) is 5.32 Å². The number of benzene rings is 1. The van der Waals surface area contributed by atoms with Gasteiger partial charge in [-0.15, -0.1) is 0 Å². The molecule has 2 aliphatic rings. The number of morpholine rings is 1. The lowest BCUT2D eigenvalue weighted by Gasteiger charge is -2.33. The predicted octanol–water partition coefficient (Wildman–Crippen LogP) is 1.14. The number of hydrogen-bond donors (Lipinski definition) is 2. The van der Waals surface area contributed by atoms with E-state index in [-0.39, 0.29) is 12.7 Å². The Hall–Kier alpha value is -1.10. The van der Waals surface area contributed by atoms with Crippen LogP contribution in [0.4, 0.5) is 5.69 Å². The van der Waals surface area contributed by atoms with Gasteiger partial charge in [0.1, 0.15) is 0 Å². The standard InChI is InChI=1S/C15H22N2O2/c18-11-15-10-17(7-8-19-15)14-5-1-12(2-6-14)9-16-13-3-4-13/h1-2,5-6,13,15-16,18H,3-4,7-11H2. The van der Waals surface area contributed by atoms with Crippen LogP contribution in [0.1, 0.15) is 18.4 Å². The van der Waals surface area contributed by atoms with E-state index < -0.39 is 0 Å². The van der Waals surface area contributed by atoms with Crippen LogP contribution in [0.15, 0.2) is 24.3 Å². The molecule has 0 amide bonds. The van der Waals surface area contributed by atoms with Crippen molar-refractivity contribution in [1.29, 1.82) is 0 Å². The Balaban J connectivity index is 1.57. The first-order chi connectivity index (χ1) is 9.35. The summed E-state index contributed by atoms with van der Waals surface area (Å²) in [5.74, 6) is 0. The molecular formula is C15H22N2O2. The zero-order valence-corrected chi connectivity index (χ0v) is 11.2. The minimum atomic E-state index is -0.0510. The average molecular weight is 262 g/mol. The maximum Gasteiger partial charge on any atom is 0.0980 e. The number of rotatable bonds is 5. The topological polar surface area (TPSA) is 44.7 Å². The Labute approximate surface area is 114 Å². The summed E-state index contributed by atoms with van der Waals surface area (Å²) in [6.45, 7) is 3.43. The van der Waals surface area contributed by atoms with Crippen LogP contribution in [-0.2, 0) is 11.3 Å². The minimum Gasteiger partial charge on any atom is -0.394 e. The molecule has 2 fully saturated rings. The zero-order valence-electron chi connectivity index (χ0n) is 11.2. The Morgan fingerprint density at radius 2 is 2.05 bits per heavy atom. The lowest BCUT2D eigenvalue weighted by atomic mass is 10.1. The van der Waals surface area contributed by atoms with E-state index in [0.29, 0.717) is 6.61 Å². The molecule has 1 aliphatic heterocycles. The molecule has 3 rings (SSSR count). The molecule has 1 saturated carbocycles. The highest BCUT2D eigenvalue weighted by atomic mass is 16.5. The van der Waals surface area contributed by atoms with E-state index in [1.165, 1.54) is 24.1 Å². The van der Waals surface area contributed by atoms with Crippen molar-refractivity contribution >= 4 is 5.69 Å². The van der Waals surface area contributed by atoms with Gasteiger partial charge < -0.3 is 20.1 Å². The normalized spacial score (nSPS) is 23.6. The van der Waals surface area contributed by atoms with E-state index >= 15 is 0 Å². The second-order valence-electron chi connectivity index (χ2n) is 5.44. The monoisotopic (exact) mass is 262 g/mol. The van der Waals surface area contributed by atoms with Gasteiger partial charge in [-0.1, -0.05) is 12.1 Å². The second-order valence-corrected chi connectivity index (χ2v) is 5.44. The van der Waals surface area contributed by atoms with Crippen LogP contribution < -0.4 is 10.2 Å². The predicted molar refractivity (Wildman–Crippen MR) is 75.3 cm³/mol. The van der Waals surface area contributed by atoms with Gasteiger partial charge in [-0.25, -0.2) is 0 Å². The molecule has 1 aromatic rings. The van der Waals surface area contributed by atoms with Crippen LogP contribution >= 0.6 is 0 Å². The third-order valence-corrected chi connectivity index (χ3v) is 3.82. The van der Waals surface area contributed by atoms with Gasteiger partial charge >= 0.3 is 0 Å². The fourth-order valence-corrected chi connectivity index (χ4v) is 2.44. The molecule has 2 N–H and O–H groups in total. The highest BCUT2D eigenvalue weighted by Gasteiger charge is 2.21. The SMILES string of the molecule is OCC1CN(c2ccc(CNC3CC3)cc2)CCO1. The van der Waals surface area contributed by atoms with Crippen molar-refractivity contribution in [3.63, 3.8) is 0 Å². The molecular weight excluding hydrogens is 240 g/mol. The molecule has 0 bridgehead atoms. The summed E-state index contributed by atoms with van der Waals surface area (Å²) in [6.07, 6.45) is 2.60. The van der Waals surface area contributed by atoms with Crippen molar-refractivity contribution in [2.24, 2.45) is 0 Å². The Morgan fingerprint density at radius 1 is 1.26 bits per heavy atom. The second kappa shape index (κ2) is 5.90. The summed E-state index contributed by atoms with van der Waals surface area (Å²) >= 11 is 0. The molecule has 4 nitrogen and oxygen atoms in total. The van der Waals surface area contributed by atoms with Crippen LogP contribution in [0.2, 0.25) is 0 Å². The zero-order chi connectivity index (χ0) is 13.1. The molecule has 1 unspecified atom stereocenters. The van der Waals surface area contributed by atoms with Crippen molar-refractivity contribution in [2.45, 2.75) is 31.5 Å². The van der Waals surface area contributed by atoms with Gasteiger partial charge in [0.25, 0.3) is 0 Å². The lowest BCUT2D eigenvalue weighted by molar-refractivity contribution is 0.00357. The number of anilines is 1. The minimum absolute atomic E-state index is 0.0510. The number of nitrogens with one attached hydrogen (secondary N) is 1. The van der Waals surface area contributed by atoms with Crippen molar-refractivity contribution < 1.29 is 9.84 Å². The van der Waals surface area contributed by atoms with Crippen molar-refractivity contribution in [2.75, 3.05) is 31.2 Å². The molecule has 104 valence electrons. The molecule has 0 aromatic heterocycles. The van der Waals surface area contributed by atoms with Gasteiger partial charge in [0, 0.05) is 31.4 Å². The highest BCUT2D eigenvalue weighted by molar-refractivity contribution is 5.48. The van der Waals surface area contributed by atoms with E-state index in [0.717, 1.165) is 25.7 Å². The lowest BCUT2D eigenvalue weighted by Crippen LogP contribution is -2.44. The summed E-state index contributed by atoms with van der Waals surface area (Å²) in [6, 6.07) is 9.47. The van der Waals surface area contributed by atoms with Crippen LogP contribution in [0.5, 0.6) is 0 Å². The van der Waals surface area contributed by atoms with Gasteiger partial charge in [-0.05, 0) is 30.5 Å². The molecule has 1 atom stereocenters. The first-order valence-electron chi connectivity index (χ1n) is 7.15. The first-order valence-corrected chi connectivity index (χ1v) is 7.15. The Bertz CT molecular complexity index is 403. The third-order valence-electron chi connectivity index (χ3n) is 3.82. The molecule has 19 heavy (non-hydrogen) atoms. The summed E-state index contributed by atoms with van der Waals surface area (Å²) in [5.41, 5.74) is 2.56. The maximum atomic E-state index is 9.17. The van der Waals surface area contributed by atoms with Crippen molar-refractivity contribution in [3.05, 3.63) is 29.8 Å². The fourth-order valence-electron chi connectivity index (χ4n) is 2.44. The van der Waals surface area contributed by atoms with E-state index in [2.05, 4.69) is 34.5 Å². The quantitative estimate of drug-likeness (QED) is 0.835. The molecule has 1 saturated heterocycles. The van der Waals surface area contributed by atoms with Gasteiger partial charge in [0.05, 0.1) is 19.3 Å². The average Bonchev–Trinajstić information content (AvgIpc) is 3.30. The van der Waals surface area contributed by atoms with E-state index in [4.69, 9.17) is 9.84 Å². The highest BCUT2D eigenvalue weighted by Crippen LogP contribution is 2.21. The number of hydrogen-bond acceptors (Lipinski definition) is 4. The Kier molecular flexibility index (Phi) is 4.01. The molecule has 1 heterocycles. The van der Waals surface area contributed by atoms with Crippen LogP contribution in [0.3, 0.4) is 0 Å². The molecule has 1 aliphatic carbocycles. The van der Waals surface area contributed by atoms with E-state index in [1.807, 2.05) is 0 Å². The molecule has 4 heteroatoms. The summed E-state index contributed by atoms with van der Waals surface area (Å²) in [5, 5.41) is 12.7. The Morgan fingerprint density at radius 3 is 2.74 bits per heavy atom. The van der Waals surface area contributed by atoms with Gasteiger partial charge in [0.15, 0.2) is 0 Å². The first kappa shape index (κ1) is 12.9. The summed E-state index contributed by atoms with van der Waals surface area (Å²) in [7, 11) is 0. The molecule has 0 radical (unpaired) electrons. The maximum absolute atomic E-state index is 9.17. The fraction of sp³-hybridized carbons (Fsp3) is 0.600.